The minimum absolute atomic E-state index is 0.0288. The van der Waals surface area contributed by atoms with Crippen LogP contribution in [0.1, 0.15) is 20.8 Å². The van der Waals surface area contributed by atoms with Crippen molar-refractivity contribution in [2.24, 2.45) is 5.92 Å². The van der Waals surface area contributed by atoms with E-state index in [2.05, 4.69) is 5.32 Å². The van der Waals surface area contributed by atoms with Crippen LogP contribution >= 0.6 is 0 Å². The zero-order valence-electron chi connectivity index (χ0n) is 9.42. The highest BCUT2D eigenvalue weighted by atomic mass is 19.1. The van der Waals surface area contributed by atoms with Gasteiger partial charge in [-0.15, -0.1) is 0 Å². The van der Waals surface area contributed by atoms with Gasteiger partial charge in [0.1, 0.15) is 5.82 Å². The monoisotopic (exact) mass is 211 g/mol. The van der Waals surface area contributed by atoms with E-state index < -0.39 is 5.54 Å². The summed E-state index contributed by atoms with van der Waals surface area (Å²) in [6, 6.07) is 6.49. The zero-order chi connectivity index (χ0) is 11.5. The molecule has 3 heteroatoms. The lowest BCUT2D eigenvalue weighted by atomic mass is 9.89. The first-order valence-corrected chi connectivity index (χ1v) is 5.13. The van der Waals surface area contributed by atoms with Crippen LogP contribution in [-0.2, 0) is 0 Å². The second-order valence-electron chi connectivity index (χ2n) is 4.34. The van der Waals surface area contributed by atoms with Gasteiger partial charge in [0.25, 0.3) is 0 Å². The third-order valence-electron chi connectivity index (χ3n) is 2.90. The average Bonchev–Trinajstić information content (AvgIpc) is 2.21. The molecule has 0 amide bonds. The lowest BCUT2D eigenvalue weighted by Crippen LogP contribution is -2.44. The highest BCUT2D eigenvalue weighted by Crippen LogP contribution is 2.24. The third kappa shape index (κ3) is 2.69. The smallest absolute Gasteiger partial charge is 0.146 e. The molecule has 0 aliphatic heterocycles. The number of aliphatic hydroxyl groups is 1. The maximum absolute atomic E-state index is 13.4. The first kappa shape index (κ1) is 12.0. The van der Waals surface area contributed by atoms with Crippen LogP contribution in [-0.4, -0.2) is 17.3 Å². The molecule has 1 aromatic carbocycles. The fourth-order valence-electron chi connectivity index (χ4n) is 1.24. The summed E-state index contributed by atoms with van der Waals surface area (Å²) in [5.41, 5.74) is -0.0647. The predicted molar refractivity (Wildman–Crippen MR) is 60.4 cm³/mol. The SMILES string of the molecule is CC(C)C(C)(CO)Nc1ccccc1F. The van der Waals surface area contributed by atoms with Crippen molar-refractivity contribution in [3.05, 3.63) is 30.1 Å². The van der Waals surface area contributed by atoms with Gasteiger partial charge in [0, 0.05) is 0 Å². The van der Waals surface area contributed by atoms with Crippen molar-refractivity contribution in [3.63, 3.8) is 0 Å². The predicted octanol–water partition coefficient (Wildman–Crippen LogP) is 2.64. The van der Waals surface area contributed by atoms with Gasteiger partial charge < -0.3 is 10.4 Å². The van der Waals surface area contributed by atoms with Crippen LogP contribution in [0.15, 0.2) is 24.3 Å². The molecule has 84 valence electrons. The molecule has 0 radical (unpaired) electrons. The van der Waals surface area contributed by atoms with Gasteiger partial charge in [0.2, 0.25) is 0 Å². The molecule has 15 heavy (non-hydrogen) atoms. The van der Waals surface area contributed by atoms with Crippen LogP contribution < -0.4 is 5.32 Å². The molecule has 0 saturated carbocycles. The molecule has 0 bridgehead atoms. The van der Waals surface area contributed by atoms with E-state index in [1.165, 1.54) is 6.07 Å². The first-order chi connectivity index (χ1) is 6.99. The maximum atomic E-state index is 13.4. The van der Waals surface area contributed by atoms with E-state index >= 15 is 0 Å². The number of aliphatic hydroxyl groups excluding tert-OH is 1. The van der Waals surface area contributed by atoms with Gasteiger partial charge in [-0.05, 0) is 25.0 Å². The quantitative estimate of drug-likeness (QED) is 0.802. The Bertz CT molecular complexity index is 327. The number of benzene rings is 1. The zero-order valence-corrected chi connectivity index (χ0v) is 9.42. The van der Waals surface area contributed by atoms with E-state index in [9.17, 15) is 9.50 Å². The fraction of sp³-hybridized carbons (Fsp3) is 0.500. The number of para-hydroxylation sites is 1. The summed E-state index contributed by atoms with van der Waals surface area (Å²) in [6.45, 7) is 5.83. The molecule has 0 aliphatic carbocycles. The fourth-order valence-corrected chi connectivity index (χ4v) is 1.24. The lowest BCUT2D eigenvalue weighted by molar-refractivity contribution is 0.185. The van der Waals surface area contributed by atoms with Gasteiger partial charge in [0.15, 0.2) is 0 Å². The highest BCUT2D eigenvalue weighted by molar-refractivity contribution is 5.46. The van der Waals surface area contributed by atoms with Crippen LogP contribution in [0.2, 0.25) is 0 Å². The highest BCUT2D eigenvalue weighted by Gasteiger charge is 2.27. The summed E-state index contributed by atoms with van der Waals surface area (Å²) in [5.74, 6) is -0.0834. The Kier molecular flexibility index (Phi) is 3.69. The minimum atomic E-state index is -0.498. The van der Waals surface area contributed by atoms with Crippen LogP contribution in [0.25, 0.3) is 0 Å². The summed E-state index contributed by atoms with van der Waals surface area (Å²) in [5, 5.41) is 12.4. The summed E-state index contributed by atoms with van der Waals surface area (Å²) in [4.78, 5) is 0. The van der Waals surface area contributed by atoms with Gasteiger partial charge in [0.05, 0.1) is 17.8 Å². The largest absolute Gasteiger partial charge is 0.394 e. The molecule has 0 aromatic heterocycles. The van der Waals surface area contributed by atoms with E-state index in [0.717, 1.165) is 0 Å². The number of anilines is 1. The Morgan fingerprint density at radius 2 is 2.00 bits per heavy atom. The van der Waals surface area contributed by atoms with Crippen LogP contribution in [0.3, 0.4) is 0 Å². The Balaban J connectivity index is 2.89. The number of hydrogen-bond acceptors (Lipinski definition) is 2. The molecule has 2 nitrogen and oxygen atoms in total. The van der Waals surface area contributed by atoms with E-state index in [0.29, 0.717) is 5.69 Å². The molecule has 2 N–H and O–H groups in total. The summed E-state index contributed by atoms with van der Waals surface area (Å²) >= 11 is 0. The van der Waals surface area contributed by atoms with E-state index in [1.807, 2.05) is 20.8 Å². The number of halogens is 1. The standard InChI is InChI=1S/C12H18FNO/c1-9(2)12(3,8-15)14-11-7-5-4-6-10(11)13/h4-7,9,14-15H,8H2,1-3H3. The average molecular weight is 211 g/mol. The van der Waals surface area contributed by atoms with Gasteiger partial charge in [-0.3, -0.25) is 0 Å². The third-order valence-corrected chi connectivity index (χ3v) is 2.90. The van der Waals surface area contributed by atoms with E-state index in [-0.39, 0.29) is 18.3 Å². The molecule has 0 aliphatic rings. The Labute approximate surface area is 90.1 Å². The second-order valence-corrected chi connectivity index (χ2v) is 4.34. The number of rotatable bonds is 4. The molecule has 0 spiro atoms. The Morgan fingerprint density at radius 3 is 2.47 bits per heavy atom. The molecule has 1 rings (SSSR count). The summed E-state index contributed by atoms with van der Waals surface area (Å²) in [7, 11) is 0. The van der Waals surface area contributed by atoms with Crippen molar-refractivity contribution < 1.29 is 9.50 Å². The minimum Gasteiger partial charge on any atom is -0.394 e. The van der Waals surface area contributed by atoms with E-state index in [1.54, 1.807) is 18.2 Å². The molecule has 0 saturated heterocycles. The molecule has 0 heterocycles. The Morgan fingerprint density at radius 1 is 1.40 bits per heavy atom. The molecular formula is C12H18FNO. The summed E-state index contributed by atoms with van der Waals surface area (Å²) in [6.07, 6.45) is 0. The van der Waals surface area contributed by atoms with Crippen molar-refractivity contribution in [3.8, 4) is 0 Å². The van der Waals surface area contributed by atoms with Gasteiger partial charge in [-0.1, -0.05) is 26.0 Å². The molecule has 1 unspecified atom stereocenters. The first-order valence-electron chi connectivity index (χ1n) is 5.13. The number of hydrogen-bond donors (Lipinski definition) is 2. The van der Waals surface area contributed by atoms with Crippen molar-refractivity contribution in [2.75, 3.05) is 11.9 Å². The van der Waals surface area contributed by atoms with Crippen LogP contribution in [0, 0.1) is 11.7 Å². The van der Waals surface area contributed by atoms with Crippen molar-refractivity contribution in [2.45, 2.75) is 26.3 Å². The molecule has 1 aromatic rings. The maximum Gasteiger partial charge on any atom is 0.146 e. The number of nitrogens with one attached hydrogen (secondary N) is 1. The second kappa shape index (κ2) is 4.62. The normalized spacial score (nSPS) is 15.1. The van der Waals surface area contributed by atoms with Gasteiger partial charge in [-0.25, -0.2) is 4.39 Å². The van der Waals surface area contributed by atoms with Crippen LogP contribution in [0.5, 0.6) is 0 Å². The molecular weight excluding hydrogens is 193 g/mol. The molecule has 1 atom stereocenters. The van der Waals surface area contributed by atoms with Crippen LogP contribution in [0.4, 0.5) is 10.1 Å². The van der Waals surface area contributed by atoms with E-state index in [4.69, 9.17) is 0 Å². The topological polar surface area (TPSA) is 32.3 Å². The van der Waals surface area contributed by atoms with Gasteiger partial charge >= 0.3 is 0 Å². The van der Waals surface area contributed by atoms with Gasteiger partial charge in [-0.2, -0.15) is 0 Å². The lowest BCUT2D eigenvalue weighted by Gasteiger charge is -2.34. The van der Waals surface area contributed by atoms with Crippen molar-refractivity contribution in [1.82, 2.24) is 0 Å². The Hall–Kier alpha value is -1.09. The van der Waals surface area contributed by atoms with Crippen molar-refractivity contribution >= 4 is 5.69 Å². The summed E-state index contributed by atoms with van der Waals surface area (Å²) < 4.78 is 13.4. The van der Waals surface area contributed by atoms with Crippen molar-refractivity contribution in [1.29, 1.82) is 0 Å². The molecule has 0 fully saturated rings.